The zero-order valence-corrected chi connectivity index (χ0v) is 24.2. The van der Waals surface area contributed by atoms with Gasteiger partial charge >= 0.3 is 5.97 Å². The fourth-order valence-electron chi connectivity index (χ4n) is 4.83. The first-order chi connectivity index (χ1) is 20.1. The van der Waals surface area contributed by atoms with Crippen LogP contribution in [0, 0.1) is 5.82 Å². The van der Waals surface area contributed by atoms with Crippen molar-refractivity contribution in [1.29, 1.82) is 0 Å². The third-order valence-electron chi connectivity index (χ3n) is 7.19. The van der Waals surface area contributed by atoms with Crippen molar-refractivity contribution in [3.8, 4) is 17.1 Å². The summed E-state index contributed by atoms with van der Waals surface area (Å²) in [5.41, 5.74) is 5.54. The summed E-state index contributed by atoms with van der Waals surface area (Å²) in [5, 5.41) is 9.43. The molecule has 0 aliphatic carbocycles. The Balaban J connectivity index is 1.35. The Hall–Kier alpha value is -4.56. The van der Waals surface area contributed by atoms with E-state index in [1.807, 2.05) is 34.9 Å². The normalized spacial score (nSPS) is 11.6. The smallest absolute Gasteiger partial charge is 0.335 e. The molecular weight excluding hydrogens is 533 g/mol. The van der Waals surface area contributed by atoms with E-state index in [9.17, 15) is 9.90 Å². The number of carbonyl (C=O) groups is 1. The average molecular weight is 568 g/mol. The molecule has 5 aromatic rings. The minimum absolute atomic E-state index is 0.0465. The molecule has 0 saturated heterocycles. The summed E-state index contributed by atoms with van der Waals surface area (Å²) in [7, 11) is 1.60. The van der Waals surface area contributed by atoms with Crippen molar-refractivity contribution < 1.29 is 23.8 Å². The molecule has 0 fully saturated rings. The van der Waals surface area contributed by atoms with Gasteiger partial charge in [-0.2, -0.15) is 0 Å². The monoisotopic (exact) mass is 567 g/mol. The Morgan fingerprint density at radius 2 is 1.79 bits per heavy atom. The summed E-state index contributed by atoms with van der Waals surface area (Å²) >= 11 is 0. The predicted octanol–water partition coefficient (Wildman–Crippen LogP) is 7.05. The lowest BCUT2D eigenvalue weighted by molar-refractivity contribution is 0.0697. The van der Waals surface area contributed by atoms with E-state index in [0.29, 0.717) is 59.3 Å². The molecule has 42 heavy (non-hydrogen) atoms. The van der Waals surface area contributed by atoms with E-state index in [4.69, 9.17) is 9.47 Å². The molecule has 0 radical (unpaired) electrons. The number of carboxylic acid groups (broad SMARTS) is 1. The minimum Gasteiger partial charge on any atom is -0.478 e. The number of hydrogen-bond acceptors (Lipinski definition) is 5. The van der Waals surface area contributed by atoms with E-state index < -0.39 is 5.97 Å². The molecule has 0 saturated carbocycles. The first-order valence-electron chi connectivity index (χ1n) is 13.8. The van der Waals surface area contributed by atoms with Gasteiger partial charge in [0.1, 0.15) is 18.2 Å². The van der Waals surface area contributed by atoms with Gasteiger partial charge in [0.05, 0.1) is 28.9 Å². The van der Waals surface area contributed by atoms with Crippen LogP contribution in [0.3, 0.4) is 0 Å². The highest BCUT2D eigenvalue weighted by Gasteiger charge is 2.17. The zero-order valence-electron chi connectivity index (χ0n) is 24.2. The second kappa shape index (κ2) is 12.1. The van der Waals surface area contributed by atoms with Gasteiger partial charge in [-0.05, 0) is 52.4 Å². The minimum atomic E-state index is -1.02. The Bertz CT molecular complexity index is 1740. The summed E-state index contributed by atoms with van der Waals surface area (Å²) in [5.74, 6) is -0.306. The SMILES string of the molecule is COCCn1c(Cc2ccc(-c3cccc(OCc4cccc(C(C)(C)C)c4)n3)cc2F)nc2ccc(C(=O)O)cc21. The Labute approximate surface area is 244 Å². The zero-order chi connectivity index (χ0) is 29.9. The van der Waals surface area contributed by atoms with Gasteiger partial charge in [-0.1, -0.05) is 63.2 Å². The largest absolute Gasteiger partial charge is 0.478 e. The van der Waals surface area contributed by atoms with Crippen LogP contribution in [0.15, 0.2) is 78.9 Å². The van der Waals surface area contributed by atoms with Crippen molar-refractivity contribution >= 4 is 17.0 Å². The first kappa shape index (κ1) is 29.0. The van der Waals surface area contributed by atoms with Crippen molar-refractivity contribution in [2.45, 2.75) is 45.8 Å². The van der Waals surface area contributed by atoms with Gasteiger partial charge in [0.25, 0.3) is 0 Å². The Morgan fingerprint density at radius 1 is 0.976 bits per heavy atom. The molecule has 2 aromatic heterocycles. The molecule has 1 N–H and O–H groups in total. The number of nitrogens with zero attached hydrogens (tertiary/aromatic N) is 3. The highest BCUT2D eigenvalue weighted by Crippen LogP contribution is 2.27. The number of halogens is 1. The molecule has 7 nitrogen and oxygen atoms in total. The summed E-state index contributed by atoms with van der Waals surface area (Å²) in [6, 6.07) is 23.6. The molecule has 3 aromatic carbocycles. The molecule has 0 spiro atoms. The molecule has 0 unspecified atom stereocenters. The van der Waals surface area contributed by atoms with E-state index in [0.717, 1.165) is 5.56 Å². The molecule has 5 rings (SSSR count). The Morgan fingerprint density at radius 3 is 2.52 bits per heavy atom. The van der Waals surface area contributed by atoms with Crippen molar-refractivity contribution in [1.82, 2.24) is 14.5 Å². The lowest BCUT2D eigenvalue weighted by Gasteiger charge is -2.19. The number of aromatic nitrogens is 3. The van der Waals surface area contributed by atoms with Crippen molar-refractivity contribution in [2.24, 2.45) is 0 Å². The molecular formula is C34H34FN3O4. The molecule has 216 valence electrons. The summed E-state index contributed by atoms with van der Waals surface area (Å²) in [6.45, 7) is 7.78. The van der Waals surface area contributed by atoms with Crippen LogP contribution in [-0.4, -0.2) is 39.3 Å². The number of methoxy groups -OCH3 is 1. The van der Waals surface area contributed by atoms with Gasteiger partial charge in [-0.3, -0.25) is 0 Å². The molecule has 0 bridgehead atoms. The van der Waals surface area contributed by atoms with Gasteiger partial charge in [0, 0.05) is 31.7 Å². The molecule has 0 atom stereocenters. The lowest BCUT2D eigenvalue weighted by atomic mass is 9.86. The van der Waals surface area contributed by atoms with Gasteiger partial charge < -0.3 is 19.1 Å². The maximum atomic E-state index is 15.4. The Kier molecular flexibility index (Phi) is 8.36. The van der Waals surface area contributed by atoms with E-state index in [1.165, 1.54) is 17.7 Å². The standard InChI is InChI=1S/C34H34FN3O4/c1-34(2,3)26-8-5-7-22(17-26)21-42-32-10-6-9-28(37-32)24-12-11-23(27(35)18-24)20-31-36-29-14-13-25(33(39)40)19-30(29)38(31)15-16-41-4/h5-14,17-19H,15-16,20-21H2,1-4H3,(H,39,40). The third-order valence-corrected chi connectivity index (χ3v) is 7.19. The number of aromatic carboxylic acids is 1. The van der Waals surface area contributed by atoms with Gasteiger partial charge in [0.2, 0.25) is 5.88 Å². The molecule has 0 aliphatic heterocycles. The maximum Gasteiger partial charge on any atom is 0.335 e. The molecule has 0 amide bonds. The van der Waals surface area contributed by atoms with E-state index in [1.54, 1.807) is 31.4 Å². The third kappa shape index (κ3) is 6.50. The van der Waals surface area contributed by atoms with E-state index in [-0.39, 0.29) is 23.2 Å². The molecule has 2 heterocycles. The van der Waals surface area contributed by atoms with Crippen LogP contribution >= 0.6 is 0 Å². The summed E-state index contributed by atoms with van der Waals surface area (Å²) in [6.07, 6.45) is 0.233. The maximum absolute atomic E-state index is 15.4. The van der Waals surface area contributed by atoms with Crippen molar-refractivity contribution in [3.05, 3.63) is 113 Å². The highest BCUT2D eigenvalue weighted by atomic mass is 19.1. The second-order valence-corrected chi connectivity index (χ2v) is 11.3. The van der Waals surface area contributed by atoms with Crippen LogP contribution in [0.5, 0.6) is 5.88 Å². The fourth-order valence-corrected chi connectivity index (χ4v) is 4.83. The average Bonchev–Trinajstić information content (AvgIpc) is 3.31. The van der Waals surface area contributed by atoms with Crippen molar-refractivity contribution in [2.75, 3.05) is 13.7 Å². The highest BCUT2D eigenvalue weighted by molar-refractivity contribution is 5.92. The second-order valence-electron chi connectivity index (χ2n) is 11.3. The fraction of sp³-hybridized carbons (Fsp3) is 0.265. The van der Waals surface area contributed by atoms with Gasteiger partial charge in [-0.25, -0.2) is 19.2 Å². The predicted molar refractivity (Wildman–Crippen MR) is 160 cm³/mol. The van der Waals surface area contributed by atoms with Crippen molar-refractivity contribution in [3.63, 3.8) is 0 Å². The number of benzene rings is 3. The molecule has 8 heteroatoms. The molecule has 0 aliphatic rings. The van der Waals surface area contributed by atoms with Crippen LogP contribution in [0.1, 0.15) is 53.6 Å². The lowest BCUT2D eigenvalue weighted by Crippen LogP contribution is -2.11. The number of hydrogen-bond donors (Lipinski definition) is 1. The van der Waals surface area contributed by atoms with E-state index in [2.05, 4.69) is 42.9 Å². The van der Waals surface area contributed by atoms with Crippen LogP contribution in [-0.2, 0) is 29.7 Å². The summed E-state index contributed by atoms with van der Waals surface area (Å²) in [4.78, 5) is 20.8. The number of carboxylic acids is 1. The van der Waals surface area contributed by atoms with Crippen LogP contribution in [0.25, 0.3) is 22.3 Å². The number of fused-ring (bicyclic) bond motifs is 1. The first-order valence-corrected chi connectivity index (χ1v) is 13.8. The number of ether oxygens (including phenoxy) is 2. The van der Waals surface area contributed by atoms with Crippen LogP contribution in [0.4, 0.5) is 4.39 Å². The summed E-state index contributed by atoms with van der Waals surface area (Å²) < 4.78 is 28.6. The number of imidazole rings is 1. The number of pyridine rings is 1. The number of rotatable bonds is 10. The van der Waals surface area contributed by atoms with Crippen LogP contribution in [0.2, 0.25) is 0 Å². The quantitative estimate of drug-likeness (QED) is 0.195. The topological polar surface area (TPSA) is 86.5 Å². The van der Waals surface area contributed by atoms with Crippen LogP contribution < -0.4 is 4.74 Å². The van der Waals surface area contributed by atoms with Gasteiger partial charge in [-0.15, -0.1) is 0 Å². The van der Waals surface area contributed by atoms with Gasteiger partial charge in [0.15, 0.2) is 0 Å². The van der Waals surface area contributed by atoms with E-state index >= 15 is 4.39 Å².